The third kappa shape index (κ3) is 4.89. The first kappa shape index (κ1) is 28.1. The van der Waals surface area contributed by atoms with Crippen molar-refractivity contribution in [3.8, 4) is 33.4 Å². The third-order valence-electron chi connectivity index (χ3n) is 9.67. The molecule has 0 saturated heterocycles. The van der Waals surface area contributed by atoms with Crippen LogP contribution in [0.2, 0.25) is 0 Å². The van der Waals surface area contributed by atoms with Gasteiger partial charge < -0.3 is 4.90 Å². The van der Waals surface area contributed by atoms with Crippen molar-refractivity contribution < 1.29 is 0 Å². The summed E-state index contributed by atoms with van der Waals surface area (Å²) in [5.41, 5.74) is 16.7. The summed E-state index contributed by atoms with van der Waals surface area (Å²) < 4.78 is 0. The van der Waals surface area contributed by atoms with Gasteiger partial charge in [-0.05, 0) is 117 Å². The summed E-state index contributed by atoms with van der Waals surface area (Å²) in [5, 5.41) is 0. The minimum absolute atomic E-state index is 0.0264. The van der Waals surface area contributed by atoms with Crippen LogP contribution in [0.15, 0.2) is 169 Å². The first-order chi connectivity index (χ1) is 22.6. The smallest absolute Gasteiger partial charge is 0.0462 e. The lowest BCUT2D eigenvalue weighted by Crippen LogP contribution is -2.17. The number of rotatable bonds is 6. The first-order valence-electron chi connectivity index (χ1n) is 16.3. The highest BCUT2D eigenvalue weighted by Gasteiger charge is 2.41. The molecule has 222 valence electrons. The molecule has 0 atom stereocenters. The van der Waals surface area contributed by atoms with E-state index in [4.69, 9.17) is 0 Å². The Balaban J connectivity index is 1.21. The lowest BCUT2D eigenvalue weighted by Gasteiger charge is -2.26. The van der Waals surface area contributed by atoms with Gasteiger partial charge in [-0.15, -0.1) is 0 Å². The first-order valence-corrected chi connectivity index (χ1v) is 16.3. The molecule has 0 N–H and O–H groups in total. The third-order valence-corrected chi connectivity index (χ3v) is 9.67. The molecule has 2 aliphatic carbocycles. The second-order valence-electron chi connectivity index (χ2n) is 12.9. The zero-order chi connectivity index (χ0) is 31.1. The van der Waals surface area contributed by atoms with E-state index in [1.54, 1.807) is 0 Å². The van der Waals surface area contributed by atoms with Crippen LogP contribution in [0.25, 0.3) is 39.0 Å². The SMILES string of the molecule is CC1(C)C2=CCCC=C2c2cc(-c3ccc(N(c4ccccc4)c4ccc(-c5ccccc5)cc4)cc3)cc(-c3ccccc3)c21. The van der Waals surface area contributed by atoms with Gasteiger partial charge in [0.2, 0.25) is 0 Å². The molecule has 0 amide bonds. The molecule has 6 aromatic carbocycles. The fourth-order valence-corrected chi connectivity index (χ4v) is 7.46. The van der Waals surface area contributed by atoms with Gasteiger partial charge in [-0.3, -0.25) is 0 Å². The van der Waals surface area contributed by atoms with E-state index in [9.17, 15) is 0 Å². The molecule has 1 nitrogen and oxygen atoms in total. The summed E-state index contributed by atoms with van der Waals surface area (Å²) in [6, 6.07) is 55.0. The van der Waals surface area contributed by atoms with Crippen molar-refractivity contribution in [2.75, 3.05) is 4.90 Å². The topological polar surface area (TPSA) is 3.24 Å². The second-order valence-corrected chi connectivity index (χ2v) is 12.9. The predicted octanol–water partition coefficient (Wildman–Crippen LogP) is 12.6. The summed E-state index contributed by atoms with van der Waals surface area (Å²) in [5.74, 6) is 0. The van der Waals surface area contributed by atoms with Gasteiger partial charge in [0.1, 0.15) is 0 Å². The van der Waals surface area contributed by atoms with Crippen molar-refractivity contribution in [1.82, 2.24) is 0 Å². The van der Waals surface area contributed by atoms with Gasteiger partial charge in [0, 0.05) is 22.5 Å². The molecule has 0 fully saturated rings. The lowest BCUT2D eigenvalue weighted by atomic mass is 9.77. The molecule has 0 spiro atoms. The Kier molecular flexibility index (Phi) is 7.03. The fraction of sp³-hybridized carbons (Fsp3) is 0.111. The fourth-order valence-electron chi connectivity index (χ4n) is 7.46. The van der Waals surface area contributed by atoms with E-state index in [0.29, 0.717) is 0 Å². The molecular formula is C45H37N. The van der Waals surface area contributed by atoms with E-state index in [1.165, 1.54) is 55.7 Å². The molecule has 0 saturated carbocycles. The van der Waals surface area contributed by atoms with Crippen LogP contribution in [0.5, 0.6) is 0 Å². The van der Waals surface area contributed by atoms with Gasteiger partial charge in [-0.1, -0.05) is 129 Å². The average Bonchev–Trinajstić information content (AvgIpc) is 3.36. The quantitative estimate of drug-likeness (QED) is 0.186. The Hall–Kier alpha value is -5.40. The largest absolute Gasteiger partial charge is 0.311 e. The Morgan fingerprint density at radius 2 is 0.891 bits per heavy atom. The Bertz CT molecular complexity index is 2070. The van der Waals surface area contributed by atoms with E-state index in [2.05, 4.69) is 183 Å². The number of allylic oxidation sites excluding steroid dienone is 4. The number of nitrogens with zero attached hydrogens (tertiary/aromatic N) is 1. The molecule has 46 heavy (non-hydrogen) atoms. The minimum atomic E-state index is -0.0264. The van der Waals surface area contributed by atoms with E-state index in [1.807, 2.05) is 0 Å². The van der Waals surface area contributed by atoms with E-state index in [0.717, 1.165) is 29.9 Å². The summed E-state index contributed by atoms with van der Waals surface area (Å²) in [4.78, 5) is 2.34. The highest BCUT2D eigenvalue weighted by Crippen LogP contribution is 2.55. The maximum absolute atomic E-state index is 2.48. The number of anilines is 3. The maximum Gasteiger partial charge on any atom is 0.0462 e. The van der Waals surface area contributed by atoms with Crippen LogP contribution in [-0.2, 0) is 5.41 Å². The molecule has 2 aliphatic rings. The van der Waals surface area contributed by atoms with Crippen LogP contribution in [0, 0.1) is 0 Å². The molecule has 0 heterocycles. The predicted molar refractivity (Wildman–Crippen MR) is 196 cm³/mol. The van der Waals surface area contributed by atoms with E-state index in [-0.39, 0.29) is 5.41 Å². The van der Waals surface area contributed by atoms with Gasteiger partial charge in [0.05, 0.1) is 0 Å². The van der Waals surface area contributed by atoms with Gasteiger partial charge in [-0.2, -0.15) is 0 Å². The van der Waals surface area contributed by atoms with Crippen molar-refractivity contribution in [1.29, 1.82) is 0 Å². The summed E-state index contributed by atoms with van der Waals surface area (Å²) in [6.07, 6.45) is 7.17. The standard InChI is InChI=1S/C45H37N/c1-45(2)43-21-13-12-20-40(43)42-31-36(30-41(44(42)45)35-16-8-4-9-17-35)34-24-28-39(29-25-34)46(37-18-10-5-11-19-37)38-26-22-33(23-27-38)32-14-6-3-7-15-32/h3-11,14-31H,12-13H2,1-2H3. The molecule has 8 rings (SSSR count). The summed E-state index contributed by atoms with van der Waals surface area (Å²) in [7, 11) is 0. The number of hydrogen-bond acceptors (Lipinski definition) is 1. The van der Waals surface area contributed by atoms with Crippen molar-refractivity contribution in [3.63, 3.8) is 0 Å². The van der Waals surface area contributed by atoms with Crippen LogP contribution in [0.4, 0.5) is 17.1 Å². The summed E-state index contributed by atoms with van der Waals surface area (Å²) >= 11 is 0. The van der Waals surface area contributed by atoms with Crippen molar-refractivity contribution in [3.05, 3.63) is 181 Å². The number of fused-ring (bicyclic) bond motifs is 3. The monoisotopic (exact) mass is 591 g/mol. The molecule has 0 aromatic heterocycles. The van der Waals surface area contributed by atoms with Crippen LogP contribution in [0.1, 0.15) is 37.8 Å². The molecule has 0 unspecified atom stereocenters. The number of hydrogen-bond donors (Lipinski definition) is 0. The van der Waals surface area contributed by atoms with Crippen LogP contribution in [0.3, 0.4) is 0 Å². The van der Waals surface area contributed by atoms with E-state index >= 15 is 0 Å². The Morgan fingerprint density at radius 3 is 1.50 bits per heavy atom. The van der Waals surface area contributed by atoms with Crippen LogP contribution >= 0.6 is 0 Å². The van der Waals surface area contributed by atoms with Crippen molar-refractivity contribution in [2.45, 2.75) is 32.1 Å². The average molecular weight is 592 g/mol. The van der Waals surface area contributed by atoms with Crippen molar-refractivity contribution in [2.24, 2.45) is 0 Å². The highest BCUT2D eigenvalue weighted by atomic mass is 15.1. The van der Waals surface area contributed by atoms with Crippen molar-refractivity contribution >= 4 is 22.6 Å². The lowest BCUT2D eigenvalue weighted by molar-refractivity contribution is 0.656. The molecule has 0 bridgehead atoms. The molecule has 0 radical (unpaired) electrons. The Labute approximate surface area is 272 Å². The highest BCUT2D eigenvalue weighted by molar-refractivity contribution is 5.96. The second kappa shape index (κ2) is 11.5. The zero-order valence-corrected chi connectivity index (χ0v) is 26.4. The molecular weight excluding hydrogens is 555 g/mol. The zero-order valence-electron chi connectivity index (χ0n) is 26.4. The van der Waals surface area contributed by atoms with Gasteiger partial charge in [-0.25, -0.2) is 0 Å². The van der Waals surface area contributed by atoms with Crippen LogP contribution < -0.4 is 4.90 Å². The molecule has 6 aromatic rings. The van der Waals surface area contributed by atoms with Gasteiger partial charge in [0.25, 0.3) is 0 Å². The summed E-state index contributed by atoms with van der Waals surface area (Å²) in [6.45, 7) is 4.80. The van der Waals surface area contributed by atoms with Crippen LogP contribution in [-0.4, -0.2) is 0 Å². The number of benzene rings is 6. The molecule has 0 aliphatic heterocycles. The maximum atomic E-state index is 2.48. The van der Waals surface area contributed by atoms with Gasteiger partial charge in [0.15, 0.2) is 0 Å². The molecule has 1 heteroatoms. The Morgan fingerprint density at radius 1 is 0.435 bits per heavy atom. The van der Waals surface area contributed by atoms with Gasteiger partial charge >= 0.3 is 0 Å². The minimum Gasteiger partial charge on any atom is -0.311 e. The number of para-hydroxylation sites is 1. The van der Waals surface area contributed by atoms with E-state index < -0.39 is 0 Å². The normalized spacial score (nSPS) is 14.6.